The third-order valence-corrected chi connectivity index (χ3v) is 7.94. The summed E-state index contributed by atoms with van der Waals surface area (Å²) in [6.45, 7) is 4.41. The molecule has 0 unspecified atom stereocenters. The van der Waals surface area contributed by atoms with E-state index in [9.17, 15) is 8.78 Å². The minimum Gasteiger partial charge on any atom is -0.490 e. The maximum atomic E-state index is 15.2. The van der Waals surface area contributed by atoms with Gasteiger partial charge in [-0.25, -0.2) is 13.2 Å². The Kier molecular flexibility index (Phi) is 10.2. The van der Waals surface area contributed by atoms with Gasteiger partial charge in [-0.05, 0) is 92.5 Å². The average molecular weight is 539 g/mol. The van der Waals surface area contributed by atoms with Gasteiger partial charge in [0.2, 0.25) is 5.82 Å². The van der Waals surface area contributed by atoms with Gasteiger partial charge in [-0.15, -0.1) is 0 Å². The predicted octanol–water partition coefficient (Wildman–Crippen LogP) is 10.8. The maximum absolute atomic E-state index is 15.2. The molecule has 1 aliphatic rings. The van der Waals surface area contributed by atoms with E-state index in [-0.39, 0.29) is 22.8 Å². The fourth-order valence-electron chi connectivity index (χ4n) is 5.59. The van der Waals surface area contributed by atoms with E-state index in [4.69, 9.17) is 4.74 Å². The molecule has 4 rings (SSSR count). The highest BCUT2D eigenvalue weighted by Crippen LogP contribution is 2.40. The van der Waals surface area contributed by atoms with Crippen molar-refractivity contribution in [1.29, 1.82) is 0 Å². The molecule has 0 heterocycles. The summed E-state index contributed by atoms with van der Waals surface area (Å²) >= 11 is 0. The van der Waals surface area contributed by atoms with Crippen LogP contribution in [0.4, 0.5) is 17.6 Å². The topological polar surface area (TPSA) is 9.23 Å². The molecule has 0 aliphatic heterocycles. The zero-order chi connectivity index (χ0) is 27.8. The van der Waals surface area contributed by atoms with E-state index in [1.165, 1.54) is 12.1 Å². The average Bonchev–Trinajstić information content (AvgIpc) is 2.96. The summed E-state index contributed by atoms with van der Waals surface area (Å²) in [6.07, 6.45) is 13.0. The van der Waals surface area contributed by atoms with Gasteiger partial charge >= 0.3 is 0 Å². The van der Waals surface area contributed by atoms with Crippen molar-refractivity contribution in [3.63, 3.8) is 0 Å². The highest BCUT2D eigenvalue weighted by molar-refractivity contribution is 5.72. The summed E-state index contributed by atoms with van der Waals surface area (Å²) in [5.74, 6) is -3.09. The summed E-state index contributed by atoms with van der Waals surface area (Å²) in [5, 5.41) is 0. The molecular weight excluding hydrogens is 500 g/mol. The Morgan fingerprint density at radius 1 is 0.744 bits per heavy atom. The van der Waals surface area contributed by atoms with E-state index in [1.807, 2.05) is 6.92 Å². The number of hydrogen-bond donors (Lipinski definition) is 0. The van der Waals surface area contributed by atoms with Crippen LogP contribution in [-0.2, 0) is 0 Å². The number of rotatable bonds is 11. The van der Waals surface area contributed by atoms with Crippen LogP contribution in [0.15, 0.2) is 60.7 Å². The highest BCUT2D eigenvalue weighted by atomic mass is 19.2. The Morgan fingerprint density at radius 2 is 1.36 bits per heavy atom. The maximum Gasteiger partial charge on any atom is 0.201 e. The minimum absolute atomic E-state index is 0.0327. The quantitative estimate of drug-likeness (QED) is 0.134. The molecule has 5 heteroatoms. The first-order valence-electron chi connectivity index (χ1n) is 14.2. The third kappa shape index (κ3) is 6.93. The normalized spacial score (nSPS) is 17.6. The van der Waals surface area contributed by atoms with Gasteiger partial charge in [0.1, 0.15) is 0 Å². The van der Waals surface area contributed by atoms with Crippen molar-refractivity contribution in [3.05, 3.63) is 89.5 Å². The van der Waals surface area contributed by atoms with E-state index >= 15 is 8.78 Å². The van der Waals surface area contributed by atoms with Crippen LogP contribution in [0.2, 0.25) is 0 Å². The molecule has 1 saturated carbocycles. The number of ether oxygens (including phenoxy) is 1. The molecule has 0 atom stereocenters. The van der Waals surface area contributed by atoms with E-state index in [2.05, 4.69) is 19.1 Å². The smallest absolute Gasteiger partial charge is 0.201 e. The van der Waals surface area contributed by atoms with Gasteiger partial charge in [-0.2, -0.15) is 4.39 Å². The van der Waals surface area contributed by atoms with Crippen molar-refractivity contribution in [2.75, 3.05) is 6.61 Å². The first kappa shape index (κ1) is 28.9. The number of hydrogen-bond acceptors (Lipinski definition) is 1. The van der Waals surface area contributed by atoms with E-state index in [1.54, 1.807) is 36.4 Å². The van der Waals surface area contributed by atoms with Gasteiger partial charge in [0.25, 0.3) is 0 Å². The minimum atomic E-state index is -1.02. The highest BCUT2D eigenvalue weighted by Gasteiger charge is 2.26. The van der Waals surface area contributed by atoms with Crippen molar-refractivity contribution >= 4 is 0 Å². The largest absolute Gasteiger partial charge is 0.490 e. The van der Waals surface area contributed by atoms with Crippen molar-refractivity contribution in [1.82, 2.24) is 0 Å². The lowest BCUT2D eigenvalue weighted by molar-refractivity contribution is 0.286. The molecule has 1 fully saturated rings. The first-order chi connectivity index (χ1) is 18.9. The van der Waals surface area contributed by atoms with Crippen LogP contribution in [0.3, 0.4) is 0 Å². The van der Waals surface area contributed by atoms with Crippen molar-refractivity contribution in [2.45, 2.75) is 77.6 Å². The predicted molar refractivity (Wildman–Crippen MR) is 151 cm³/mol. The number of halogens is 4. The summed E-state index contributed by atoms with van der Waals surface area (Å²) in [7, 11) is 0. The second-order valence-corrected chi connectivity index (χ2v) is 10.6. The monoisotopic (exact) mass is 538 g/mol. The lowest BCUT2D eigenvalue weighted by atomic mass is 9.77. The summed E-state index contributed by atoms with van der Waals surface area (Å²) in [6, 6.07) is 12.6. The third-order valence-electron chi connectivity index (χ3n) is 7.94. The van der Waals surface area contributed by atoms with Crippen LogP contribution >= 0.6 is 0 Å². The van der Waals surface area contributed by atoms with Gasteiger partial charge in [0, 0.05) is 11.1 Å². The Balaban J connectivity index is 1.46. The fourth-order valence-corrected chi connectivity index (χ4v) is 5.59. The molecule has 0 aromatic heterocycles. The van der Waals surface area contributed by atoms with E-state index < -0.39 is 23.3 Å². The SMILES string of the molecule is C/C=C/CCC1CCC(c2ccc(-c3ccc(-c4ccc(OCCCCC)c(F)c4F)cc3)c(F)c2F)CC1. The molecule has 39 heavy (non-hydrogen) atoms. The zero-order valence-corrected chi connectivity index (χ0v) is 22.9. The van der Waals surface area contributed by atoms with Crippen LogP contribution in [-0.4, -0.2) is 6.61 Å². The van der Waals surface area contributed by atoms with Gasteiger partial charge < -0.3 is 4.74 Å². The van der Waals surface area contributed by atoms with Crippen LogP contribution in [0.25, 0.3) is 22.3 Å². The van der Waals surface area contributed by atoms with E-state index in [0.29, 0.717) is 29.2 Å². The van der Waals surface area contributed by atoms with Gasteiger partial charge in [-0.1, -0.05) is 68.3 Å². The van der Waals surface area contributed by atoms with Crippen LogP contribution in [0, 0.1) is 29.2 Å². The summed E-state index contributed by atoms with van der Waals surface area (Å²) in [5.41, 5.74) is 1.62. The second-order valence-electron chi connectivity index (χ2n) is 10.6. The Labute approximate surface area is 229 Å². The fraction of sp³-hybridized carbons (Fsp3) is 0.412. The molecule has 0 spiro atoms. The summed E-state index contributed by atoms with van der Waals surface area (Å²) < 4.78 is 65.2. The molecule has 1 nitrogen and oxygen atoms in total. The number of benzene rings is 3. The summed E-state index contributed by atoms with van der Waals surface area (Å²) in [4.78, 5) is 0. The Hall–Kier alpha value is -3.08. The molecule has 0 saturated heterocycles. The number of allylic oxidation sites excluding steroid dienone is 2. The number of unbranched alkanes of at least 4 members (excludes halogenated alkanes) is 2. The first-order valence-corrected chi connectivity index (χ1v) is 14.2. The standard InChI is InChI=1S/C34H38F4O/c1-3-5-7-9-23-10-12-24(13-11-23)27-18-19-28(32(36)31(27)35)25-14-16-26(17-15-25)29-20-21-30(34(38)33(29)37)39-22-8-6-4-2/h3,5,14-21,23-24H,4,6-13,22H2,1-2H3/b5-3+. The van der Waals surface area contributed by atoms with Gasteiger partial charge in [0.05, 0.1) is 6.61 Å². The lowest BCUT2D eigenvalue weighted by Crippen LogP contribution is -2.15. The van der Waals surface area contributed by atoms with Crippen LogP contribution in [0.5, 0.6) is 5.75 Å². The molecule has 0 amide bonds. The lowest BCUT2D eigenvalue weighted by Gasteiger charge is -2.29. The molecular formula is C34H38F4O. The Morgan fingerprint density at radius 3 is 1.97 bits per heavy atom. The molecule has 0 N–H and O–H groups in total. The molecule has 208 valence electrons. The van der Waals surface area contributed by atoms with Gasteiger partial charge in [-0.3, -0.25) is 0 Å². The van der Waals surface area contributed by atoms with Crippen LogP contribution < -0.4 is 4.74 Å². The van der Waals surface area contributed by atoms with Crippen LogP contribution in [0.1, 0.15) is 83.1 Å². The van der Waals surface area contributed by atoms with Crippen molar-refractivity contribution in [2.24, 2.45) is 5.92 Å². The van der Waals surface area contributed by atoms with Crippen molar-refractivity contribution in [3.8, 4) is 28.0 Å². The zero-order valence-electron chi connectivity index (χ0n) is 22.9. The second kappa shape index (κ2) is 13.8. The molecule has 3 aromatic rings. The van der Waals surface area contributed by atoms with E-state index in [0.717, 1.165) is 57.8 Å². The van der Waals surface area contributed by atoms with Crippen molar-refractivity contribution < 1.29 is 22.3 Å². The molecule has 3 aromatic carbocycles. The molecule has 0 bridgehead atoms. The van der Waals surface area contributed by atoms with Gasteiger partial charge in [0.15, 0.2) is 23.2 Å². The Bertz CT molecular complexity index is 1260. The molecule has 1 aliphatic carbocycles. The molecule has 0 radical (unpaired) electrons.